The molecule has 0 aliphatic carbocycles. The highest BCUT2D eigenvalue weighted by atomic mass is 28.4. The van der Waals surface area contributed by atoms with Crippen LogP contribution in [0.4, 0.5) is 4.39 Å². The van der Waals surface area contributed by atoms with Crippen LogP contribution >= 0.6 is 0 Å². The van der Waals surface area contributed by atoms with E-state index in [2.05, 4.69) is 39.2 Å². The maximum absolute atomic E-state index is 13.2. The lowest BCUT2D eigenvalue weighted by atomic mass is 10.1. The molecule has 140 valence electrons. The number of halogens is 1. The van der Waals surface area contributed by atoms with E-state index in [0.717, 1.165) is 0 Å². The summed E-state index contributed by atoms with van der Waals surface area (Å²) in [6, 6.07) is 5.00. The van der Waals surface area contributed by atoms with E-state index in [1.54, 1.807) is 6.07 Å². The molecule has 0 saturated carbocycles. The second-order valence-electron chi connectivity index (χ2n) is 7.73. The summed E-state index contributed by atoms with van der Waals surface area (Å²) < 4.78 is 19.2. The third-order valence-electron chi connectivity index (χ3n) is 4.61. The van der Waals surface area contributed by atoms with Gasteiger partial charge in [-0.3, -0.25) is 9.59 Å². The van der Waals surface area contributed by atoms with Gasteiger partial charge in [0.1, 0.15) is 11.9 Å². The first-order chi connectivity index (χ1) is 11.4. The third kappa shape index (κ3) is 6.95. The molecule has 0 radical (unpaired) electrons. The van der Waals surface area contributed by atoms with Crippen molar-refractivity contribution in [1.29, 1.82) is 0 Å². The van der Waals surface area contributed by atoms with Gasteiger partial charge in [0.05, 0.1) is 6.42 Å². The van der Waals surface area contributed by atoms with Gasteiger partial charge in [0, 0.05) is 6.61 Å². The fourth-order valence-electron chi connectivity index (χ4n) is 2.01. The number of nitrogens with two attached hydrogens (primary N) is 1. The van der Waals surface area contributed by atoms with Gasteiger partial charge in [0.2, 0.25) is 11.8 Å². The lowest BCUT2D eigenvalue weighted by Crippen LogP contribution is -2.47. The molecule has 0 spiro atoms. The Morgan fingerprint density at radius 2 is 1.96 bits per heavy atom. The first-order valence-corrected chi connectivity index (χ1v) is 11.3. The number of nitrogens with one attached hydrogen (secondary N) is 1. The minimum atomic E-state index is -1.92. The van der Waals surface area contributed by atoms with E-state index in [1.165, 1.54) is 18.2 Å². The summed E-state index contributed by atoms with van der Waals surface area (Å²) in [6.45, 7) is 11.0. The van der Waals surface area contributed by atoms with E-state index >= 15 is 0 Å². The van der Waals surface area contributed by atoms with Crippen LogP contribution in [0.1, 0.15) is 32.8 Å². The zero-order chi connectivity index (χ0) is 19.3. The number of primary amides is 1. The molecule has 1 aromatic carbocycles. The summed E-state index contributed by atoms with van der Waals surface area (Å²) in [6.07, 6.45) is 0.307. The summed E-state index contributed by atoms with van der Waals surface area (Å²) in [4.78, 5) is 23.7. The molecule has 0 saturated heterocycles. The van der Waals surface area contributed by atoms with Crippen molar-refractivity contribution in [2.75, 3.05) is 6.61 Å². The molecule has 0 aromatic heterocycles. The van der Waals surface area contributed by atoms with E-state index < -0.39 is 26.1 Å². The van der Waals surface area contributed by atoms with E-state index in [1.807, 2.05) is 0 Å². The van der Waals surface area contributed by atoms with Gasteiger partial charge in [-0.25, -0.2) is 4.39 Å². The van der Waals surface area contributed by atoms with Gasteiger partial charge < -0.3 is 15.5 Å². The van der Waals surface area contributed by atoms with Gasteiger partial charge in [-0.1, -0.05) is 32.9 Å². The summed E-state index contributed by atoms with van der Waals surface area (Å²) >= 11 is 0. The number of carbonyl (C=O) groups excluding carboxylic acids is 2. The van der Waals surface area contributed by atoms with Crippen molar-refractivity contribution in [3.63, 3.8) is 0 Å². The second kappa shape index (κ2) is 8.58. The number of hydrogen-bond acceptors (Lipinski definition) is 3. The van der Waals surface area contributed by atoms with Crippen LogP contribution in [0, 0.1) is 5.82 Å². The van der Waals surface area contributed by atoms with Gasteiger partial charge in [0.15, 0.2) is 8.32 Å². The largest absolute Gasteiger partial charge is 0.417 e. The van der Waals surface area contributed by atoms with Gasteiger partial charge in [-0.15, -0.1) is 0 Å². The fraction of sp³-hybridized carbons (Fsp3) is 0.556. The zero-order valence-electron chi connectivity index (χ0n) is 15.7. The van der Waals surface area contributed by atoms with Crippen molar-refractivity contribution in [2.24, 2.45) is 5.73 Å². The monoisotopic (exact) mass is 368 g/mol. The standard InChI is InChI=1S/C18H29FN2O3Si/c1-18(2,3)25(4,5)24-10-9-15(17(20)23)21-16(22)12-13-7-6-8-14(19)11-13/h6-8,11,15H,9-10,12H2,1-5H3,(H2,20,23)(H,21,22)/t15-/m0/s1. The Kier molecular flexibility index (Phi) is 7.31. The molecule has 25 heavy (non-hydrogen) atoms. The number of benzene rings is 1. The molecule has 5 nitrogen and oxygen atoms in total. The van der Waals surface area contributed by atoms with Crippen LogP contribution in [0.25, 0.3) is 0 Å². The van der Waals surface area contributed by atoms with E-state index in [-0.39, 0.29) is 17.4 Å². The highest BCUT2D eigenvalue weighted by molar-refractivity contribution is 6.74. The number of hydrogen-bond donors (Lipinski definition) is 2. The van der Waals surface area contributed by atoms with Crippen molar-refractivity contribution in [3.05, 3.63) is 35.6 Å². The molecule has 7 heteroatoms. The molecule has 0 aliphatic rings. The van der Waals surface area contributed by atoms with Crippen molar-refractivity contribution in [2.45, 2.75) is 57.8 Å². The van der Waals surface area contributed by atoms with Crippen LogP contribution < -0.4 is 11.1 Å². The van der Waals surface area contributed by atoms with E-state index in [9.17, 15) is 14.0 Å². The van der Waals surface area contributed by atoms with Crippen molar-refractivity contribution >= 4 is 20.1 Å². The Morgan fingerprint density at radius 3 is 2.48 bits per heavy atom. The molecule has 3 N–H and O–H groups in total. The molecule has 0 bridgehead atoms. The van der Waals surface area contributed by atoms with E-state index in [4.69, 9.17) is 10.2 Å². The predicted molar refractivity (Wildman–Crippen MR) is 99.0 cm³/mol. The highest BCUT2D eigenvalue weighted by Crippen LogP contribution is 2.36. The number of rotatable bonds is 8. The van der Waals surface area contributed by atoms with Crippen molar-refractivity contribution < 1.29 is 18.4 Å². The molecular weight excluding hydrogens is 339 g/mol. The highest BCUT2D eigenvalue weighted by Gasteiger charge is 2.37. The quantitative estimate of drug-likeness (QED) is 0.692. The van der Waals surface area contributed by atoms with Gasteiger partial charge in [0.25, 0.3) is 0 Å². The molecule has 0 heterocycles. The smallest absolute Gasteiger partial charge is 0.240 e. The number of carbonyl (C=O) groups is 2. The summed E-state index contributed by atoms with van der Waals surface area (Å²) in [5.41, 5.74) is 5.92. The van der Waals surface area contributed by atoms with Gasteiger partial charge in [-0.05, 0) is 42.2 Å². The zero-order valence-corrected chi connectivity index (χ0v) is 16.7. The van der Waals surface area contributed by atoms with Crippen LogP contribution in [0.5, 0.6) is 0 Å². The molecule has 0 unspecified atom stereocenters. The molecule has 2 amide bonds. The Morgan fingerprint density at radius 1 is 1.32 bits per heavy atom. The Bertz CT molecular complexity index is 615. The average Bonchev–Trinajstić information content (AvgIpc) is 2.44. The van der Waals surface area contributed by atoms with Gasteiger partial charge >= 0.3 is 0 Å². The van der Waals surface area contributed by atoms with Crippen LogP contribution in [-0.4, -0.2) is 32.8 Å². The lowest BCUT2D eigenvalue weighted by Gasteiger charge is -2.36. The summed E-state index contributed by atoms with van der Waals surface area (Å²) in [5.74, 6) is -1.38. The maximum Gasteiger partial charge on any atom is 0.240 e. The van der Waals surface area contributed by atoms with Crippen molar-refractivity contribution in [1.82, 2.24) is 5.32 Å². The second-order valence-corrected chi connectivity index (χ2v) is 12.5. The third-order valence-corrected chi connectivity index (χ3v) is 9.15. The van der Waals surface area contributed by atoms with Crippen LogP contribution in [-0.2, 0) is 20.4 Å². The summed E-state index contributed by atoms with van der Waals surface area (Å²) in [5, 5.41) is 2.67. The molecule has 0 fully saturated rings. The summed E-state index contributed by atoms with van der Waals surface area (Å²) in [7, 11) is -1.92. The van der Waals surface area contributed by atoms with Crippen LogP contribution in [0.15, 0.2) is 24.3 Å². The Balaban J connectivity index is 2.57. The predicted octanol–water partition coefficient (Wildman–Crippen LogP) is 2.75. The average molecular weight is 369 g/mol. The SMILES string of the molecule is CC(C)(C)[Si](C)(C)OCC[C@H](NC(=O)Cc1cccc(F)c1)C(N)=O. The maximum atomic E-state index is 13.2. The molecule has 0 aliphatic heterocycles. The molecule has 1 rings (SSSR count). The van der Waals surface area contributed by atoms with Crippen LogP contribution in [0.3, 0.4) is 0 Å². The minimum absolute atomic E-state index is 0.00929. The molecular formula is C18H29FN2O3Si. The first-order valence-electron chi connectivity index (χ1n) is 8.39. The number of amides is 2. The van der Waals surface area contributed by atoms with Crippen LogP contribution in [0.2, 0.25) is 18.1 Å². The van der Waals surface area contributed by atoms with E-state index in [0.29, 0.717) is 18.6 Å². The molecule has 1 atom stereocenters. The van der Waals surface area contributed by atoms with Gasteiger partial charge in [-0.2, -0.15) is 0 Å². The molecule has 1 aromatic rings. The Hall–Kier alpha value is -1.73. The normalized spacial score (nSPS) is 13.4. The fourth-order valence-corrected chi connectivity index (χ4v) is 3.07. The minimum Gasteiger partial charge on any atom is -0.417 e. The van der Waals surface area contributed by atoms with Crippen molar-refractivity contribution in [3.8, 4) is 0 Å². The lowest BCUT2D eigenvalue weighted by molar-refractivity contribution is -0.127. The first kappa shape index (κ1) is 21.3. The Labute approximate surface area is 150 Å². The topological polar surface area (TPSA) is 81.4 Å².